The molecule has 0 spiro atoms. The standard InChI is InChI=1S/C7H13NOS/c1-2-5-9-6-4-8-10-7-3-1/h4,6,8H,1-3,5,7H2. The Morgan fingerprint density at radius 1 is 1.30 bits per heavy atom. The molecule has 0 unspecified atom stereocenters. The predicted molar refractivity (Wildman–Crippen MR) is 44.5 cm³/mol. The van der Waals surface area contributed by atoms with Gasteiger partial charge in [-0.05, 0) is 19.3 Å². The summed E-state index contributed by atoms with van der Waals surface area (Å²) < 4.78 is 8.22. The molecule has 1 rings (SSSR count). The Morgan fingerprint density at radius 2 is 2.30 bits per heavy atom. The molecule has 0 aromatic carbocycles. The molecule has 0 aliphatic carbocycles. The fourth-order valence-corrected chi connectivity index (χ4v) is 1.41. The Kier molecular flexibility index (Phi) is 4.27. The highest BCUT2D eigenvalue weighted by Crippen LogP contribution is 2.04. The Morgan fingerprint density at radius 3 is 3.30 bits per heavy atom. The summed E-state index contributed by atoms with van der Waals surface area (Å²) in [6, 6.07) is 0. The number of nitrogens with one attached hydrogen (secondary N) is 1. The minimum absolute atomic E-state index is 0.864. The van der Waals surface area contributed by atoms with Crippen LogP contribution in [0.5, 0.6) is 0 Å². The third-order valence-electron chi connectivity index (χ3n) is 1.32. The maximum absolute atomic E-state index is 5.15. The van der Waals surface area contributed by atoms with Crippen LogP contribution in [0.4, 0.5) is 0 Å². The van der Waals surface area contributed by atoms with Crippen molar-refractivity contribution in [2.75, 3.05) is 12.4 Å². The predicted octanol–water partition coefficient (Wildman–Crippen LogP) is 1.90. The molecule has 1 aliphatic rings. The van der Waals surface area contributed by atoms with Gasteiger partial charge in [0.1, 0.15) is 0 Å². The summed E-state index contributed by atoms with van der Waals surface area (Å²) in [6.07, 6.45) is 7.32. The van der Waals surface area contributed by atoms with Crippen LogP contribution in [0, 0.1) is 0 Å². The maximum atomic E-state index is 5.15. The molecule has 3 heteroatoms. The van der Waals surface area contributed by atoms with Crippen molar-refractivity contribution < 1.29 is 4.74 Å². The van der Waals surface area contributed by atoms with Gasteiger partial charge in [-0.25, -0.2) is 0 Å². The largest absolute Gasteiger partial charge is 0.500 e. The quantitative estimate of drug-likeness (QED) is 0.545. The van der Waals surface area contributed by atoms with E-state index >= 15 is 0 Å². The molecule has 0 bridgehead atoms. The number of hydrogen-bond donors (Lipinski definition) is 1. The van der Waals surface area contributed by atoms with E-state index in [-0.39, 0.29) is 0 Å². The first-order valence-electron chi connectivity index (χ1n) is 3.64. The number of rotatable bonds is 0. The number of ether oxygens (including phenoxy) is 1. The van der Waals surface area contributed by atoms with Crippen molar-refractivity contribution in [3.8, 4) is 0 Å². The van der Waals surface area contributed by atoms with Crippen LogP contribution in [-0.4, -0.2) is 12.4 Å². The van der Waals surface area contributed by atoms with Crippen molar-refractivity contribution in [3.05, 3.63) is 12.5 Å². The molecule has 1 aliphatic heterocycles. The first-order chi connectivity index (χ1) is 5.00. The second-order valence-electron chi connectivity index (χ2n) is 2.20. The number of hydrogen-bond acceptors (Lipinski definition) is 3. The minimum Gasteiger partial charge on any atom is -0.500 e. The zero-order chi connectivity index (χ0) is 7.07. The Labute approximate surface area is 66.2 Å². The summed E-state index contributed by atoms with van der Waals surface area (Å²) in [5.41, 5.74) is 0. The van der Waals surface area contributed by atoms with Crippen molar-refractivity contribution in [3.63, 3.8) is 0 Å². The van der Waals surface area contributed by atoms with Crippen molar-refractivity contribution in [1.82, 2.24) is 4.72 Å². The van der Waals surface area contributed by atoms with Gasteiger partial charge in [0.15, 0.2) is 0 Å². The highest BCUT2D eigenvalue weighted by atomic mass is 32.2. The van der Waals surface area contributed by atoms with E-state index in [0.29, 0.717) is 0 Å². The van der Waals surface area contributed by atoms with Crippen LogP contribution in [-0.2, 0) is 4.74 Å². The summed E-state index contributed by atoms with van der Waals surface area (Å²) in [6.45, 7) is 0.864. The molecule has 0 aromatic heterocycles. The summed E-state index contributed by atoms with van der Waals surface area (Å²) >= 11 is 1.73. The molecule has 0 saturated heterocycles. The smallest absolute Gasteiger partial charge is 0.0994 e. The van der Waals surface area contributed by atoms with Crippen LogP contribution in [0.2, 0.25) is 0 Å². The van der Waals surface area contributed by atoms with E-state index in [1.165, 1.54) is 25.0 Å². The Bertz CT molecular complexity index is 93.8. The third-order valence-corrected chi connectivity index (χ3v) is 2.12. The molecule has 0 aromatic rings. The van der Waals surface area contributed by atoms with Crippen LogP contribution >= 0.6 is 11.9 Å². The first kappa shape index (κ1) is 7.79. The normalized spacial score (nSPS) is 20.8. The van der Waals surface area contributed by atoms with Gasteiger partial charge in [0, 0.05) is 12.0 Å². The zero-order valence-corrected chi connectivity index (χ0v) is 6.82. The SMILES string of the molecule is C1=COCCCCCSN1. The molecule has 58 valence electrons. The lowest BCUT2D eigenvalue weighted by atomic mass is 10.3. The zero-order valence-electron chi connectivity index (χ0n) is 6.01. The first-order valence-corrected chi connectivity index (χ1v) is 4.62. The van der Waals surface area contributed by atoms with E-state index in [9.17, 15) is 0 Å². The summed E-state index contributed by atoms with van der Waals surface area (Å²) in [7, 11) is 0. The monoisotopic (exact) mass is 159 g/mol. The van der Waals surface area contributed by atoms with Gasteiger partial charge in [0.25, 0.3) is 0 Å². The molecular weight excluding hydrogens is 146 g/mol. The lowest BCUT2D eigenvalue weighted by Crippen LogP contribution is -1.98. The average molecular weight is 159 g/mol. The van der Waals surface area contributed by atoms with Gasteiger partial charge in [-0.3, -0.25) is 0 Å². The van der Waals surface area contributed by atoms with Crippen LogP contribution in [0.25, 0.3) is 0 Å². The van der Waals surface area contributed by atoms with Gasteiger partial charge < -0.3 is 9.46 Å². The summed E-state index contributed by atoms with van der Waals surface area (Å²) in [5, 5.41) is 0. The fourth-order valence-electron chi connectivity index (χ4n) is 0.787. The molecule has 0 amide bonds. The molecule has 1 heterocycles. The third kappa shape index (κ3) is 3.67. The van der Waals surface area contributed by atoms with Gasteiger partial charge in [-0.15, -0.1) is 0 Å². The molecule has 0 saturated carbocycles. The van der Waals surface area contributed by atoms with Crippen LogP contribution in [0.3, 0.4) is 0 Å². The Balaban J connectivity index is 2.13. The molecule has 1 N–H and O–H groups in total. The van der Waals surface area contributed by atoms with E-state index in [1.807, 2.05) is 6.20 Å². The molecule has 0 radical (unpaired) electrons. The van der Waals surface area contributed by atoms with Gasteiger partial charge >= 0.3 is 0 Å². The van der Waals surface area contributed by atoms with Gasteiger partial charge in [-0.2, -0.15) is 0 Å². The molecule has 0 atom stereocenters. The molecule has 2 nitrogen and oxygen atoms in total. The minimum atomic E-state index is 0.864. The summed E-state index contributed by atoms with van der Waals surface area (Å²) in [5.74, 6) is 1.20. The van der Waals surface area contributed by atoms with Crippen molar-refractivity contribution in [1.29, 1.82) is 0 Å². The molecule has 10 heavy (non-hydrogen) atoms. The van der Waals surface area contributed by atoms with E-state index in [0.717, 1.165) is 6.61 Å². The van der Waals surface area contributed by atoms with Crippen molar-refractivity contribution in [2.24, 2.45) is 0 Å². The van der Waals surface area contributed by atoms with Crippen LogP contribution in [0.1, 0.15) is 19.3 Å². The second kappa shape index (κ2) is 5.47. The fraction of sp³-hybridized carbons (Fsp3) is 0.714. The van der Waals surface area contributed by atoms with Crippen LogP contribution in [0.15, 0.2) is 12.5 Å². The van der Waals surface area contributed by atoms with Gasteiger partial charge in [-0.1, -0.05) is 11.9 Å². The van der Waals surface area contributed by atoms with Gasteiger partial charge in [0.2, 0.25) is 0 Å². The maximum Gasteiger partial charge on any atom is 0.0994 e. The van der Waals surface area contributed by atoms with E-state index < -0.39 is 0 Å². The lowest BCUT2D eigenvalue weighted by molar-refractivity contribution is 0.240. The second-order valence-corrected chi connectivity index (χ2v) is 3.13. The van der Waals surface area contributed by atoms with E-state index in [2.05, 4.69) is 4.72 Å². The van der Waals surface area contributed by atoms with Crippen LogP contribution < -0.4 is 4.72 Å². The topological polar surface area (TPSA) is 21.3 Å². The van der Waals surface area contributed by atoms with E-state index in [4.69, 9.17) is 4.74 Å². The van der Waals surface area contributed by atoms with Gasteiger partial charge in [0.05, 0.1) is 12.9 Å². The molecule has 0 fully saturated rings. The van der Waals surface area contributed by atoms with E-state index in [1.54, 1.807) is 18.2 Å². The van der Waals surface area contributed by atoms with Crippen molar-refractivity contribution >= 4 is 11.9 Å². The Hall–Kier alpha value is -0.310. The summed E-state index contributed by atoms with van der Waals surface area (Å²) in [4.78, 5) is 0. The van der Waals surface area contributed by atoms with Crippen molar-refractivity contribution in [2.45, 2.75) is 19.3 Å². The highest BCUT2D eigenvalue weighted by molar-refractivity contribution is 7.97. The lowest BCUT2D eigenvalue weighted by Gasteiger charge is -2.04. The highest BCUT2D eigenvalue weighted by Gasteiger charge is 1.91. The molecular formula is C7H13NOS. The average Bonchev–Trinajstić information content (AvgIpc) is 2.01.